The number of nitrogens with zero attached hydrogens (tertiary/aromatic N) is 3. The smallest absolute Gasteiger partial charge is 0.410 e. The molecule has 3 rings (SSSR count). The van der Waals surface area contributed by atoms with Crippen molar-refractivity contribution < 1.29 is 9.53 Å². The summed E-state index contributed by atoms with van der Waals surface area (Å²) >= 11 is 5.81. The molecule has 2 aromatic rings. The van der Waals surface area contributed by atoms with Crippen molar-refractivity contribution in [1.82, 2.24) is 14.9 Å². The topological polar surface area (TPSA) is 81.3 Å². The van der Waals surface area contributed by atoms with E-state index in [4.69, 9.17) is 22.1 Å². The van der Waals surface area contributed by atoms with Crippen LogP contribution in [-0.2, 0) is 24.3 Å². The third-order valence-electron chi connectivity index (χ3n) is 3.53. The number of carbonyl (C=O) groups excluding carboxylic acids is 1. The summed E-state index contributed by atoms with van der Waals surface area (Å²) in [5.41, 5.74) is 8.31. The largest absolute Gasteiger partial charge is 0.445 e. The van der Waals surface area contributed by atoms with Crippen molar-refractivity contribution in [2.24, 2.45) is 0 Å². The molecule has 0 fully saturated rings. The number of benzene rings is 1. The highest BCUT2D eigenvalue weighted by Crippen LogP contribution is 2.23. The monoisotopic (exact) mass is 318 g/mol. The number of amides is 1. The summed E-state index contributed by atoms with van der Waals surface area (Å²) < 4.78 is 5.32. The van der Waals surface area contributed by atoms with Crippen LogP contribution < -0.4 is 5.73 Å². The highest BCUT2D eigenvalue weighted by atomic mass is 35.5. The van der Waals surface area contributed by atoms with Crippen LogP contribution in [0.5, 0.6) is 0 Å². The minimum Gasteiger partial charge on any atom is -0.445 e. The molecule has 0 bridgehead atoms. The molecule has 6 nitrogen and oxygen atoms in total. The van der Waals surface area contributed by atoms with Gasteiger partial charge in [0, 0.05) is 12.1 Å². The summed E-state index contributed by atoms with van der Waals surface area (Å²) in [4.78, 5) is 21.8. The van der Waals surface area contributed by atoms with Gasteiger partial charge < -0.3 is 15.4 Å². The highest BCUT2D eigenvalue weighted by molar-refractivity contribution is 6.28. The Labute approximate surface area is 132 Å². The molecule has 1 amide bonds. The van der Waals surface area contributed by atoms with Crippen molar-refractivity contribution in [1.29, 1.82) is 0 Å². The summed E-state index contributed by atoms with van der Waals surface area (Å²) in [6, 6.07) is 9.55. The van der Waals surface area contributed by atoms with Crippen LogP contribution in [0.1, 0.15) is 16.8 Å². The lowest BCUT2D eigenvalue weighted by Crippen LogP contribution is -2.37. The first-order valence-electron chi connectivity index (χ1n) is 6.90. The Morgan fingerprint density at radius 2 is 2.09 bits per heavy atom. The summed E-state index contributed by atoms with van der Waals surface area (Å²) in [5, 5.41) is 0.0933. The summed E-state index contributed by atoms with van der Waals surface area (Å²) in [6.45, 7) is 1.10. The van der Waals surface area contributed by atoms with Gasteiger partial charge in [0.25, 0.3) is 0 Å². The van der Waals surface area contributed by atoms with Gasteiger partial charge in [-0.2, -0.15) is 0 Å². The first kappa shape index (κ1) is 14.6. The number of hydrogen-bond acceptors (Lipinski definition) is 5. The maximum atomic E-state index is 12.1. The van der Waals surface area contributed by atoms with Crippen molar-refractivity contribution in [3.63, 3.8) is 0 Å². The van der Waals surface area contributed by atoms with E-state index in [1.807, 2.05) is 30.3 Å². The number of halogens is 1. The molecule has 0 spiro atoms. The van der Waals surface area contributed by atoms with Crippen LogP contribution in [0.4, 0.5) is 10.6 Å². The second kappa shape index (κ2) is 6.19. The molecule has 1 aliphatic heterocycles. The van der Waals surface area contributed by atoms with E-state index in [1.165, 1.54) is 0 Å². The average molecular weight is 319 g/mol. The Morgan fingerprint density at radius 1 is 1.32 bits per heavy atom. The minimum atomic E-state index is -0.372. The van der Waals surface area contributed by atoms with Gasteiger partial charge in [-0.3, -0.25) is 0 Å². The molecule has 1 aromatic carbocycles. The standard InChI is InChI=1S/C15H15ClN4O2/c16-14-18-12-8-20(7-6-11(12)13(17)19-14)15(21)22-9-10-4-2-1-3-5-10/h1-5H,6-9H2,(H2,17,18,19). The fourth-order valence-electron chi connectivity index (χ4n) is 2.39. The quantitative estimate of drug-likeness (QED) is 0.860. The van der Waals surface area contributed by atoms with Crippen molar-refractivity contribution in [3.05, 3.63) is 52.4 Å². The van der Waals surface area contributed by atoms with E-state index < -0.39 is 0 Å². The normalized spacial score (nSPS) is 13.6. The van der Waals surface area contributed by atoms with E-state index in [-0.39, 0.29) is 18.0 Å². The highest BCUT2D eigenvalue weighted by Gasteiger charge is 2.25. The Hall–Kier alpha value is -2.34. The zero-order valence-corrected chi connectivity index (χ0v) is 12.6. The summed E-state index contributed by atoms with van der Waals surface area (Å²) in [7, 11) is 0. The Bertz CT molecular complexity index is 693. The van der Waals surface area contributed by atoms with Gasteiger partial charge in [0.1, 0.15) is 12.4 Å². The predicted molar refractivity (Wildman–Crippen MR) is 82.2 cm³/mol. The van der Waals surface area contributed by atoms with Crippen LogP contribution in [-0.4, -0.2) is 27.5 Å². The zero-order chi connectivity index (χ0) is 15.5. The van der Waals surface area contributed by atoms with Crippen molar-refractivity contribution in [2.45, 2.75) is 19.6 Å². The lowest BCUT2D eigenvalue weighted by Gasteiger charge is -2.27. The molecule has 2 heterocycles. The number of nitrogen functional groups attached to an aromatic ring is 1. The van der Waals surface area contributed by atoms with E-state index in [0.29, 0.717) is 31.0 Å². The van der Waals surface area contributed by atoms with Crippen molar-refractivity contribution in [3.8, 4) is 0 Å². The molecule has 1 aromatic heterocycles. The molecule has 0 saturated carbocycles. The molecule has 0 aliphatic carbocycles. The Balaban J connectivity index is 1.65. The van der Waals surface area contributed by atoms with Crippen LogP contribution in [0.15, 0.2) is 30.3 Å². The third kappa shape index (κ3) is 3.12. The van der Waals surface area contributed by atoms with Gasteiger partial charge in [-0.15, -0.1) is 0 Å². The fraction of sp³-hybridized carbons (Fsp3) is 0.267. The molecule has 114 valence electrons. The molecule has 0 radical (unpaired) electrons. The van der Waals surface area contributed by atoms with Crippen molar-refractivity contribution >= 4 is 23.5 Å². The van der Waals surface area contributed by atoms with Crippen LogP contribution in [0, 0.1) is 0 Å². The molecular formula is C15H15ClN4O2. The first-order chi connectivity index (χ1) is 10.6. The molecule has 0 saturated heterocycles. The fourth-order valence-corrected chi connectivity index (χ4v) is 2.59. The molecule has 1 aliphatic rings. The summed E-state index contributed by atoms with van der Waals surface area (Å²) in [6.07, 6.45) is 0.224. The van der Waals surface area contributed by atoms with E-state index in [1.54, 1.807) is 4.90 Å². The lowest BCUT2D eigenvalue weighted by atomic mass is 10.1. The molecular weight excluding hydrogens is 304 g/mol. The maximum absolute atomic E-state index is 12.1. The van der Waals surface area contributed by atoms with Gasteiger partial charge in [0.05, 0.1) is 12.2 Å². The maximum Gasteiger partial charge on any atom is 0.410 e. The van der Waals surface area contributed by atoms with Crippen LogP contribution in [0.3, 0.4) is 0 Å². The van der Waals surface area contributed by atoms with E-state index in [2.05, 4.69) is 9.97 Å². The molecule has 2 N–H and O–H groups in total. The molecule has 7 heteroatoms. The van der Waals surface area contributed by atoms with E-state index >= 15 is 0 Å². The Kier molecular flexibility index (Phi) is 4.11. The first-order valence-corrected chi connectivity index (χ1v) is 7.27. The van der Waals surface area contributed by atoms with Gasteiger partial charge in [0.15, 0.2) is 0 Å². The van der Waals surface area contributed by atoms with Crippen LogP contribution in [0.25, 0.3) is 0 Å². The predicted octanol–water partition coefficient (Wildman–Crippen LogP) is 2.41. The number of anilines is 1. The van der Waals surface area contributed by atoms with Crippen molar-refractivity contribution in [2.75, 3.05) is 12.3 Å². The van der Waals surface area contributed by atoms with Gasteiger partial charge in [-0.1, -0.05) is 30.3 Å². The van der Waals surface area contributed by atoms with Crippen LogP contribution >= 0.6 is 11.6 Å². The van der Waals surface area contributed by atoms with E-state index in [0.717, 1.165) is 11.1 Å². The summed E-state index contributed by atoms with van der Waals surface area (Å²) in [5.74, 6) is 0.382. The number of fused-ring (bicyclic) bond motifs is 1. The number of nitrogens with two attached hydrogens (primary N) is 1. The molecule has 0 atom stereocenters. The van der Waals surface area contributed by atoms with Gasteiger partial charge in [-0.25, -0.2) is 14.8 Å². The number of hydrogen-bond donors (Lipinski definition) is 1. The van der Waals surface area contributed by atoms with E-state index in [9.17, 15) is 4.79 Å². The third-order valence-corrected chi connectivity index (χ3v) is 3.70. The van der Waals surface area contributed by atoms with Crippen LogP contribution in [0.2, 0.25) is 5.28 Å². The average Bonchev–Trinajstić information content (AvgIpc) is 2.53. The second-order valence-corrected chi connectivity index (χ2v) is 5.35. The van der Waals surface area contributed by atoms with Gasteiger partial charge in [0.2, 0.25) is 5.28 Å². The number of carbonyl (C=O) groups is 1. The lowest BCUT2D eigenvalue weighted by molar-refractivity contribution is 0.0912. The minimum absolute atomic E-state index is 0.0933. The number of rotatable bonds is 2. The molecule has 0 unspecified atom stereocenters. The Morgan fingerprint density at radius 3 is 2.86 bits per heavy atom. The van der Waals surface area contributed by atoms with Gasteiger partial charge in [-0.05, 0) is 23.6 Å². The van der Waals surface area contributed by atoms with Gasteiger partial charge >= 0.3 is 6.09 Å². The molecule has 22 heavy (non-hydrogen) atoms. The number of ether oxygens (including phenoxy) is 1. The second-order valence-electron chi connectivity index (χ2n) is 5.01. The zero-order valence-electron chi connectivity index (χ0n) is 11.8. The SMILES string of the molecule is Nc1nc(Cl)nc2c1CCN(C(=O)OCc1ccccc1)C2. The number of aromatic nitrogens is 2.